The van der Waals surface area contributed by atoms with Crippen LogP contribution in [0.25, 0.3) is 11.3 Å². The number of carbonyl (C=O) groups is 1. The fourth-order valence-electron chi connectivity index (χ4n) is 7.68. The number of amides is 1. The summed E-state index contributed by atoms with van der Waals surface area (Å²) in [5, 5.41) is 0. The largest absolute Gasteiger partial charge is 0.755 e. The second-order valence-electron chi connectivity index (χ2n) is 15.5. The molecule has 4 atom stereocenters. The number of allylic oxidation sites excluding steroid dienone is 2. The third kappa shape index (κ3) is 6.86. The van der Waals surface area contributed by atoms with Gasteiger partial charge in [-0.1, -0.05) is 81.5 Å². The summed E-state index contributed by atoms with van der Waals surface area (Å²) in [6.45, 7) is 11.2. The first-order valence-corrected chi connectivity index (χ1v) is 18.1. The highest BCUT2D eigenvalue weighted by Crippen LogP contribution is 2.62. The zero-order valence-electron chi connectivity index (χ0n) is 28.1. The quantitative estimate of drug-likeness (QED) is 0.230. The van der Waals surface area contributed by atoms with Gasteiger partial charge in [-0.2, -0.15) is 0 Å². The first-order chi connectivity index (χ1) is 22.4. The van der Waals surface area contributed by atoms with Gasteiger partial charge < -0.3 is 9.45 Å². The molecule has 4 unspecified atom stereocenters. The Morgan fingerprint density at radius 1 is 1.06 bits per heavy atom. The number of aryl methyl sites for hydroxylation is 2. The standard InChI is InChI=1S/C39H46N4O3S/c1-24-7-6-8-25(2)35(24)34-20-33(40-37(41-34)42-47(45)46)30(17-26-9-13-31(14-10-26)38(3,4)5)23-43(32-21-39(22-32)15-16-39)36(44)28-12-11-27-18-29(27)19-28/h6-14,19-20,27,29-30,32H,15-18,21-23H2,1-5H3,(H,45,46)(H,40,41,42)/p-1. The van der Waals surface area contributed by atoms with Gasteiger partial charge >= 0.3 is 0 Å². The highest BCUT2D eigenvalue weighted by Gasteiger charge is 2.55. The number of fused-ring (bicyclic) bond motifs is 1. The summed E-state index contributed by atoms with van der Waals surface area (Å²) in [6, 6.07) is 17.0. The topological polar surface area (TPSA) is 98.2 Å². The number of nitrogens with one attached hydrogen (secondary N) is 1. The molecule has 7 rings (SSSR count). The van der Waals surface area contributed by atoms with Gasteiger partial charge in [0.15, 0.2) is 0 Å². The fourth-order valence-corrected chi connectivity index (χ4v) is 7.92. The molecule has 0 radical (unpaired) electrons. The van der Waals surface area contributed by atoms with Crippen LogP contribution in [0.3, 0.4) is 0 Å². The van der Waals surface area contributed by atoms with Crippen molar-refractivity contribution in [1.29, 1.82) is 0 Å². The molecule has 7 nitrogen and oxygen atoms in total. The molecular formula is C39H45N4O3S-. The molecule has 0 aliphatic heterocycles. The molecule has 246 valence electrons. The maximum absolute atomic E-state index is 14.4. The lowest BCUT2D eigenvalue weighted by Gasteiger charge is -2.45. The maximum Gasteiger partial charge on any atom is 0.253 e. The molecule has 3 fully saturated rings. The number of nitrogens with zero attached hydrogens (tertiary/aromatic N) is 3. The van der Waals surface area contributed by atoms with Crippen molar-refractivity contribution >= 4 is 23.1 Å². The van der Waals surface area contributed by atoms with Crippen LogP contribution in [0.4, 0.5) is 5.95 Å². The molecule has 3 aromatic rings. The lowest BCUT2D eigenvalue weighted by Crippen LogP contribution is -2.50. The Balaban J connectivity index is 1.30. The van der Waals surface area contributed by atoms with Crippen LogP contribution in [0.15, 0.2) is 72.3 Å². The minimum atomic E-state index is -2.59. The van der Waals surface area contributed by atoms with Gasteiger partial charge in [0, 0.05) is 40.9 Å². The van der Waals surface area contributed by atoms with Crippen LogP contribution in [-0.2, 0) is 27.9 Å². The van der Waals surface area contributed by atoms with Crippen LogP contribution < -0.4 is 4.72 Å². The van der Waals surface area contributed by atoms with Gasteiger partial charge in [0.2, 0.25) is 5.95 Å². The van der Waals surface area contributed by atoms with Crippen molar-refractivity contribution in [2.24, 2.45) is 17.3 Å². The Morgan fingerprint density at radius 3 is 2.38 bits per heavy atom. The van der Waals surface area contributed by atoms with Crippen molar-refractivity contribution < 1.29 is 13.6 Å². The minimum Gasteiger partial charge on any atom is -0.755 e. The molecule has 0 saturated heterocycles. The van der Waals surface area contributed by atoms with Crippen LogP contribution >= 0.6 is 0 Å². The molecule has 47 heavy (non-hydrogen) atoms. The number of benzene rings is 2. The zero-order valence-corrected chi connectivity index (χ0v) is 28.9. The monoisotopic (exact) mass is 649 g/mol. The molecule has 1 spiro atoms. The van der Waals surface area contributed by atoms with E-state index in [0.29, 0.717) is 35.9 Å². The van der Waals surface area contributed by atoms with E-state index in [1.807, 2.05) is 44.2 Å². The van der Waals surface area contributed by atoms with Gasteiger partial charge in [0.25, 0.3) is 5.91 Å². The average Bonchev–Trinajstić information content (AvgIpc) is 3.92. The Labute approximate surface area is 281 Å². The van der Waals surface area contributed by atoms with Gasteiger partial charge in [0.05, 0.1) is 11.4 Å². The summed E-state index contributed by atoms with van der Waals surface area (Å²) >= 11 is -2.59. The van der Waals surface area contributed by atoms with Crippen LogP contribution in [0, 0.1) is 31.1 Å². The molecule has 1 aromatic heterocycles. The number of hydrogen-bond donors (Lipinski definition) is 1. The second-order valence-corrected chi connectivity index (χ2v) is 16.2. The Hall–Kier alpha value is -3.62. The van der Waals surface area contributed by atoms with E-state index >= 15 is 0 Å². The van der Waals surface area contributed by atoms with Crippen LogP contribution in [0.2, 0.25) is 0 Å². The van der Waals surface area contributed by atoms with Crippen LogP contribution in [-0.4, -0.2) is 42.1 Å². The average molecular weight is 650 g/mol. The van der Waals surface area contributed by atoms with Crippen molar-refractivity contribution in [2.75, 3.05) is 11.3 Å². The third-order valence-corrected chi connectivity index (χ3v) is 11.2. The van der Waals surface area contributed by atoms with Crippen molar-refractivity contribution in [3.05, 3.63) is 100 Å². The molecule has 2 aromatic carbocycles. The molecule has 4 aliphatic rings. The van der Waals surface area contributed by atoms with Crippen molar-refractivity contribution in [2.45, 2.75) is 90.5 Å². The van der Waals surface area contributed by atoms with Crippen molar-refractivity contribution in [3.8, 4) is 11.3 Å². The first-order valence-electron chi connectivity index (χ1n) is 17.0. The number of carbonyl (C=O) groups excluding carboxylic acids is 1. The Kier molecular flexibility index (Phi) is 8.24. The van der Waals surface area contributed by atoms with E-state index in [2.05, 4.69) is 71.8 Å². The van der Waals surface area contributed by atoms with E-state index in [1.54, 1.807) is 0 Å². The van der Waals surface area contributed by atoms with E-state index in [-0.39, 0.29) is 29.2 Å². The second kappa shape index (κ2) is 12.1. The lowest BCUT2D eigenvalue weighted by atomic mass is 9.75. The smallest absolute Gasteiger partial charge is 0.253 e. The third-order valence-electron chi connectivity index (χ3n) is 10.8. The zero-order chi connectivity index (χ0) is 33.1. The molecule has 1 heterocycles. The summed E-state index contributed by atoms with van der Waals surface area (Å²) in [5.41, 5.74) is 8.13. The molecule has 8 heteroatoms. The van der Waals surface area contributed by atoms with Gasteiger partial charge in [-0.25, -0.2) is 9.97 Å². The molecule has 1 N–H and O–H groups in total. The highest BCUT2D eigenvalue weighted by atomic mass is 32.2. The molecule has 0 bridgehead atoms. The fraction of sp³-hybridized carbons (Fsp3) is 0.462. The molecule has 1 amide bonds. The van der Waals surface area contributed by atoms with E-state index in [4.69, 9.17) is 4.98 Å². The summed E-state index contributed by atoms with van der Waals surface area (Å²) in [7, 11) is 0. The lowest BCUT2D eigenvalue weighted by molar-refractivity contribution is -0.132. The van der Waals surface area contributed by atoms with Gasteiger partial charge in [-0.3, -0.25) is 13.7 Å². The molecular weight excluding hydrogens is 605 g/mol. The number of rotatable bonds is 10. The van der Waals surface area contributed by atoms with Gasteiger partial charge in [-0.05, 0) is 103 Å². The number of anilines is 1. The summed E-state index contributed by atoms with van der Waals surface area (Å²) < 4.78 is 26.1. The Morgan fingerprint density at radius 2 is 1.77 bits per heavy atom. The molecule has 4 aliphatic carbocycles. The Bertz CT molecular complexity index is 1760. The van der Waals surface area contributed by atoms with Crippen molar-refractivity contribution in [1.82, 2.24) is 14.9 Å². The predicted octanol–water partition coefficient (Wildman–Crippen LogP) is 7.49. The van der Waals surface area contributed by atoms with Crippen LogP contribution in [0.5, 0.6) is 0 Å². The van der Waals surface area contributed by atoms with E-state index < -0.39 is 11.3 Å². The number of aromatic nitrogens is 2. The summed E-state index contributed by atoms with van der Waals surface area (Å²) in [6.07, 6.45) is 12.8. The first kappa shape index (κ1) is 32.0. The number of hydrogen-bond acceptors (Lipinski definition) is 5. The maximum atomic E-state index is 14.4. The van der Waals surface area contributed by atoms with E-state index in [1.165, 1.54) is 18.4 Å². The summed E-state index contributed by atoms with van der Waals surface area (Å²) in [4.78, 5) is 26.0. The normalized spacial score (nSPS) is 22.1. The predicted molar refractivity (Wildman–Crippen MR) is 186 cm³/mol. The van der Waals surface area contributed by atoms with Gasteiger partial charge in [0.1, 0.15) is 0 Å². The van der Waals surface area contributed by atoms with Crippen molar-refractivity contribution in [3.63, 3.8) is 0 Å². The van der Waals surface area contributed by atoms with E-state index in [0.717, 1.165) is 52.8 Å². The highest BCUT2D eigenvalue weighted by molar-refractivity contribution is 7.80. The summed E-state index contributed by atoms with van der Waals surface area (Å²) in [5.74, 6) is 1.02. The van der Waals surface area contributed by atoms with Gasteiger partial charge in [-0.15, -0.1) is 0 Å². The molecule has 3 saturated carbocycles. The SMILES string of the molecule is Cc1cccc(C)c1-c1cc(C(Cc2ccc(C(C)(C)C)cc2)CN(C(=O)C2=CC3CC3C=C2)C2CC3(CC3)C2)nc(NS(=O)[O-])n1. The minimum absolute atomic E-state index is 0.0352. The van der Waals surface area contributed by atoms with Crippen LogP contribution in [0.1, 0.15) is 86.7 Å². The van der Waals surface area contributed by atoms with E-state index in [9.17, 15) is 13.6 Å².